The van der Waals surface area contributed by atoms with Gasteiger partial charge < -0.3 is 29.9 Å². The summed E-state index contributed by atoms with van der Waals surface area (Å²) in [5.41, 5.74) is 2.77. The third-order valence-electron chi connectivity index (χ3n) is 8.71. The summed E-state index contributed by atoms with van der Waals surface area (Å²) >= 11 is 0. The van der Waals surface area contributed by atoms with Crippen molar-refractivity contribution in [1.29, 1.82) is 0 Å². The predicted molar refractivity (Wildman–Crippen MR) is 110 cm³/mol. The van der Waals surface area contributed by atoms with Crippen LogP contribution in [0.3, 0.4) is 0 Å². The van der Waals surface area contributed by atoms with Crippen molar-refractivity contribution in [2.24, 2.45) is 17.3 Å². The zero-order valence-corrected chi connectivity index (χ0v) is 17.8. The van der Waals surface area contributed by atoms with Crippen molar-refractivity contribution >= 4 is 0 Å². The Morgan fingerprint density at radius 1 is 1.00 bits per heavy atom. The fourth-order valence-corrected chi connectivity index (χ4v) is 6.85. The summed E-state index contributed by atoms with van der Waals surface area (Å²) in [6, 6.07) is 6.12. The lowest BCUT2D eigenvalue weighted by Gasteiger charge is -2.50. The fourth-order valence-electron chi connectivity index (χ4n) is 6.85. The minimum atomic E-state index is -1.30. The van der Waals surface area contributed by atoms with Crippen LogP contribution in [0.15, 0.2) is 18.2 Å². The van der Waals surface area contributed by atoms with E-state index in [2.05, 4.69) is 13.0 Å². The molecule has 0 bridgehead atoms. The molecule has 0 aromatic heterocycles. The zero-order valence-electron chi connectivity index (χ0n) is 17.8. The summed E-state index contributed by atoms with van der Waals surface area (Å²) in [5, 5.41) is 40.7. The molecule has 6 heteroatoms. The zero-order chi connectivity index (χ0) is 21.2. The molecule has 1 saturated heterocycles. The fraction of sp³-hybridized carbons (Fsp3) is 0.750. The standard InChI is InChI=1S/C24H34O6/c1-12-20(26)21(27)22(28)23(29-12)30-14-4-6-15-13(11-14)3-5-17-16(15)9-10-24(2)18(17)7-8-19(24)25/h4,6,11-12,16-23,25-28H,3,5,7-10H2,1-2H3/t12-,16-,17-,18+,19+,20-,21+,22-,23?,24+/m1/s1. The van der Waals surface area contributed by atoms with Crippen molar-refractivity contribution in [2.75, 3.05) is 0 Å². The van der Waals surface area contributed by atoms with Crippen LogP contribution in [0.4, 0.5) is 0 Å². The van der Waals surface area contributed by atoms with Gasteiger partial charge in [0.1, 0.15) is 24.1 Å². The quantitative estimate of drug-likeness (QED) is 0.587. The lowest BCUT2D eigenvalue weighted by atomic mass is 9.55. The number of rotatable bonds is 2. The minimum Gasteiger partial charge on any atom is -0.462 e. The molecule has 6 nitrogen and oxygen atoms in total. The van der Waals surface area contributed by atoms with Crippen LogP contribution in [0.1, 0.15) is 63.0 Å². The SMILES string of the molecule is C[C@H]1OC(Oc2ccc3c(c2)CC[C@@H]2[C@@H]3CC[C@]3(C)[C@@H](O)CC[C@@H]23)[C@H](O)[C@@H](O)[C@@H]1O. The molecule has 1 aliphatic heterocycles. The summed E-state index contributed by atoms with van der Waals surface area (Å²) in [7, 11) is 0. The maximum atomic E-state index is 10.6. The van der Waals surface area contributed by atoms with Crippen LogP contribution in [0.25, 0.3) is 0 Å². The summed E-state index contributed by atoms with van der Waals surface area (Å²) in [4.78, 5) is 0. The van der Waals surface area contributed by atoms with Gasteiger partial charge in [0.05, 0.1) is 12.2 Å². The van der Waals surface area contributed by atoms with Gasteiger partial charge in [-0.3, -0.25) is 0 Å². The van der Waals surface area contributed by atoms with E-state index in [1.807, 2.05) is 12.1 Å². The number of aryl methyl sites for hydroxylation is 1. The largest absolute Gasteiger partial charge is 0.462 e. The lowest BCUT2D eigenvalue weighted by Crippen LogP contribution is -2.58. The van der Waals surface area contributed by atoms with Crippen LogP contribution in [0.5, 0.6) is 5.75 Å². The molecular weight excluding hydrogens is 384 g/mol. The van der Waals surface area contributed by atoms with Crippen molar-refractivity contribution in [1.82, 2.24) is 0 Å². The number of ether oxygens (including phenoxy) is 2. The molecule has 5 rings (SSSR count). The second kappa shape index (κ2) is 7.45. The van der Waals surface area contributed by atoms with Crippen molar-refractivity contribution < 1.29 is 29.9 Å². The highest BCUT2D eigenvalue weighted by atomic mass is 16.7. The van der Waals surface area contributed by atoms with Gasteiger partial charge in [-0.15, -0.1) is 0 Å². The molecule has 0 amide bonds. The first kappa shape index (κ1) is 20.7. The third-order valence-corrected chi connectivity index (χ3v) is 8.71. The molecule has 3 aliphatic carbocycles. The molecule has 1 aromatic rings. The normalized spacial score (nSPS) is 47.9. The first-order valence-corrected chi connectivity index (χ1v) is 11.5. The number of aliphatic hydroxyl groups is 4. The average molecular weight is 419 g/mol. The molecule has 30 heavy (non-hydrogen) atoms. The van der Waals surface area contributed by atoms with Gasteiger partial charge in [0.15, 0.2) is 0 Å². The van der Waals surface area contributed by atoms with Crippen LogP contribution in [0.2, 0.25) is 0 Å². The second-order valence-electron chi connectivity index (χ2n) is 10.2. The third kappa shape index (κ3) is 3.11. The highest BCUT2D eigenvalue weighted by molar-refractivity contribution is 5.41. The molecule has 1 aromatic carbocycles. The maximum absolute atomic E-state index is 10.6. The first-order chi connectivity index (χ1) is 14.3. The Balaban J connectivity index is 1.34. The number of hydrogen-bond donors (Lipinski definition) is 4. The van der Waals surface area contributed by atoms with Gasteiger partial charge in [0.2, 0.25) is 6.29 Å². The molecule has 3 fully saturated rings. The number of fused-ring (bicyclic) bond motifs is 5. The van der Waals surface area contributed by atoms with E-state index in [9.17, 15) is 20.4 Å². The summed E-state index contributed by atoms with van der Waals surface area (Å²) in [5.74, 6) is 2.40. The van der Waals surface area contributed by atoms with Crippen LogP contribution in [-0.4, -0.2) is 57.2 Å². The Kier molecular flexibility index (Phi) is 5.14. The molecule has 0 radical (unpaired) electrons. The minimum absolute atomic E-state index is 0.0816. The van der Waals surface area contributed by atoms with Gasteiger partial charge in [-0.1, -0.05) is 13.0 Å². The summed E-state index contributed by atoms with van der Waals surface area (Å²) < 4.78 is 11.5. The van der Waals surface area contributed by atoms with Gasteiger partial charge in [-0.05, 0) is 91.9 Å². The molecule has 10 atom stereocenters. The smallest absolute Gasteiger partial charge is 0.229 e. The molecule has 0 spiro atoms. The molecule has 1 unspecified atom stereocenters. The second-order valence-corrected chi connectivity index (χ2v) is 10.2. The topological polar surface area (TPSA) is 99.4 Å². The monoisotopic (exact) mass is 418 g/mol. The lowest BCUT2D eigenvalue weighted by molar-refractivity contribution is -0.268. The van der Waals surface area contributed by atoms with Gasteiger partial charge in [-0.2, -0.15) is 0 Å². The Labute approximate surface area is 177 Å². The molecular formula is C24H34O6. The Morgan fingerprint density at radius 2 is 1.80 bits per heavy atom. The van der Waals surface area contributed by atoms with Crippen molar-refractivity contribution in [3.8, 4) is 5.75 Å². The van der Waals surface area contributed by atoms with Gasteiger partial charge in [-0.25, -0.2) is 0 Å². The van der Waals surface area contributed by atoms with E-state index in [1.54, 1.807) is 6.92 Å². The molecule has 1 heterocycles. The first-order valence-electron chi connectivity index (χ1n) is 11.5. The summed E-state index contributed by atoms with van der Waals surface area (Å²) in [6.45, 7) is 3.94. The van der Waals surface area contributed by atoms with E-state index in [4.69, 9.17) is 9.47 Å². The Morgan fingerprint density at radius 3 is 2.60 bits per heavy atom. The van der Waals surface area contributed by atoms with Gasteiger partial charge >= 0.3 is 0 Å². The van der Waals surface area contributed by atoms with E-state index < -0.39 is 30.7 Å². The van der Waals surface area contributed by atoms with Crippen molar-refractivity contribution in [3.63, 3.8) is 0 Å². The molecule has 4 N–H and O–H groups in total. The van der Waals surface area contributed by atoms with Gasteiger partial charge in [0, 0.05) is 0 Å². The van der Waals surface area contributed by atoms with E-state index in [-0.39, 0.29) is 11.5 Å². The molecule has 4 aliphatic rings. The molecule has 166 valence electrons. The van der Waals surface area contributed by atoms with Gasteiger partial charge in [0.25, 0.3) is 0 Å². The number of hydrogen-bond acceptors (Lipinski definition) is 6. The number of aliphatic hydroxyl groups excluding tert-OH is 4. The van der Waals surface area contributed by atoms with E-state index in [0.717, 1.165) is 38.5 Å². The Bertz CT molecular complexity index is 798. The predicted octanol–water partition coefficient (Wildman–Crippen LogP) is 2.11. The average Bonchev–Trinajstić information content (AvgIpc) is 3.04. The van der Waals surface area contributed by atoms with Crippen molar-refractivity contribution in [3.05, 3.63) is 29.3 Å². The van der Waals surface area contributed by atoms with Crippen LogP contribution >= 0.6 is 0 Å². The van der Waals surface area contributed by atoms with Crippen molar-refractivity contribution in [2.45, 2.75) is 95.1 Å². The maximum Gasteiger partial charge on any atom is 0.229 e. The van der Waals surface area contributed by atoms with Crippen LogP contribution < -0.4 is 4.74 Å². The highest BCUT2D eigenvalue weighted by Crippen LogP contribution is 2.60. The van der Waals surface area contributed by atoms with Crippen LogP contribution in [-0.2, 0) is 11.2 Å². The van der Waals surface area contributed by atoms with E-state index in [0.29, 0.717) is 23.5 Å². The van der Waals surface area contributed by atoms with E-state index >= 15 is 0 Å². The van der Waals surface area contributed by atoms with Crippen LogP contribution in [0, 0.1) is 17.3 Å². The Hall–Kier alpha value is -1.18. The molecule has 2 saturated carbocycles. The summed E-state index contributed by atoms with van der Waals surface area (Å²) in [6.07, 6.45) is 0.883. The highest BCUT2D eigenvalue weighted by Gasteiger charge is 2.54. The van der Waals surface area contributed by atoms with E-state index in [1.165, 1.54) is 11.1 Å². The number of benzene rings is 1.